The van der Waals surface area contributed by atoms with E-state index in [4.69, 9.17) is 24.4 Å². The van der Waals surface area contributed by atoms with E-state index in [0.29, 0.717) is 49.4 Å². The molecule has 2 amide bonds. The number of hydrogen-bond acceptors (Lipinski definition) is 11. The standard InChI is InChI=1S/C40H46FN9O5/c1-23(2)33-22-45-50-35(33)47-38(43-20-27-14-17-49(18-15-27)40(53)55-26(6)54-37(52)24(3)4)48-39(50)44-21-29-9-7-8-10-31(29)34-32-12-11-30(46-36(51)25(5)41)19-28(32)13-16-42-34/h7-13,16,19,22-24,26-27H,5,14-15,17-18,20-21H2,1-4,6H3,(H,46,51)(H2,43,44,47,48). The van der Waals surface area contributed by atoms with Gasteiger partial charge in [-0.3, -0.25) is 14.6 Å². The molecule has 5 aromatic rings. The summed E-state index contributed by atoms with van der Waals surface area (Å²) in [4.78, 5) is 52.5. The van der Waals surface area contributed by atoms with Gasteiger partial charge in [0.1, 0.15) is 0 Å². The number of fused-ring (bicyclic) bond motifs is 2. The second-order valence-electron chi connectivity index (χ2n) is 14.2. The number of nitrogens with zero attached hydrogens (tertiary/aromatic N) is 6. The summed E-state index contributed by atoms with van der Waals surface area (Å²) >= 11 is 0. The molecule has 1 fully saturated rings. The molecule has 1 atom stereocenters. The van der Waals surface area contributed by atoms with Crippen LogP contribution in [0.15, 0.2) is 73.3 Å². The quantitative estimate of drug-likeness (QED) is 0.0628. The third-order valence-electron chi connectivity index (χ3n) is 9.44. The van der Waals surface area contributed by atoms with Crippen molar-refractivity contribution >= 4 is 52.0 Å². The number of rotatable bonds is 13. The lowest BCUT2D eigenvalue weighted by Crippen LogP contribution is -2.41. The minimum atomic E-state index is -1.06. The normalized spacial score (nSPS) is 13.9. The highest BCUT2D eigenvalue weighted by Gasteiger charge is 2.27. The fourth-order valence-electron chi connectivity index (χ4n) is 6.34. The van der Waals surface area contributed by atoms with Crippen molar-refractivity contribution in [3.05, 3.63) is 84.5 Å². The van der Waals surface area contributed by atoms with Crippen LogP contribution in [0.2, 0.25) is 0 Å². The number of anilines is 3. The maximum atomic E-state index is 13.3. The van der Waals surface area contributed by atoms with Gasteiger partial charge in [0, 0.05) is 61.5 Å². The van der Waals surface area contributed by atoms with E-state index in [9.17, 15) is 18.8 Å². The predicted octanol–water partition coefficient (Wildman–Crippen LogP) is 7.30. The van der Waals surface area contributed by atoms with Crippen molar-refractivity contribution in [2.75, 3.05) is 35.6 Å². The van der Waals surface area contributed by atoms with Gasteiger partial charge in [0.05, 0.1) is 17.8 Å². The first-order valence-electron chi connectivity index (χ1n) is 18.4. The molecule has 2 aromatic carbocycles. The van der Waals surface area contributed by atoms with E-state index in [1.54, 1.807) is 41.6 Å². The second-order valence-corrected chi connectivity index (χ2v) is 14.2. The van der Waals surface area contributed by atoms with E-state index in [1.165, 1.54) is 6.92 Å². The van der Waals surface area contributed by atoms with Crippen LogP contribution in [-0.4, -0.2) is 73.4 Å². The Labute approximate surface area is 318 Å². The number of carbonyl (C=O) groups excluding carboxylic acids is 3. The van der Waals surface area contributed by atoms with Crippen molar-refractivity contribution in [3.63, 3.8) is 0 Å². The summed E-state index contributed by atoms with van der Waals surface area (Å²) in [6.07, 6.45) is 3.57. The number of pyridine rings is 1. The Bertz CT molecular complexity index is 2210. The Morgan fingerprint density at radius 1 is 0.982 bits per heavy atom. The first kappa shape index (κ1) is 38.6. The Hall–Kier alpha value is -6.12. The lowest BCUT2D eigenvalue weighted by molar-refractivity contribution is -0.170. The highest BCUT2D eigenvalue weighted by atomic mass is 19.1. The number of amides is 2. The third kappa shape index (κ3) is 9.16. The minimum Gasteiger partial charge on any atom is -0.425 e. The molecule has 288 valence electrons. The Kier molecular flexibility index (Phi) is 11.9. The lowest BCUT2D eigenvalue weighted by Gasteiger charge is -2.32. The molecular formula is C40H46FN9O5. The van der Waals surface area contributed by atoms with Crippen LogP contribution < -0.4 is 16.0 Å². The summed E-state index contributed by atoms with van der Waals surface area (Å²) in [5, 5.41) is 15.7. The summed E-state index contributed by atoms with van der Waals surface area (Å²) in [6, 6.07) is 15.1. The number of ether oxygens (including phenoxy) is 2. The maximum Gasteiger partial charge on any atom is 0.412 e. The van der Waals surface area contributed by atoms with Crippen LogP contribution in [0.25, 0.3) is 27.7 Å². The van der Waals surface area contributed by atoms with Gasteiger partial charge in [-0.15, -0.1) is 0 Å². The van der Waals surface area contributed by atoms with Gasteiger partial charge in [0.15, 0.2) is 11.5 Å². The number of benzene rings is 2. The highest BCUT2D eigenvalue weighted by molar-refractivity contribution is 6.04. The van der Waals surface area contributed by atoms with Gasteiger partial charge in [0.25, 0.3) is 5.91 Å². The largest absolute Gasteiger partial charge is 0.425 e. The van der Waals surface area contributed by atoms with Gasteiger partial charge < -0.3 is 30.3 Å². The molecule has 0 aliphatic carbocycles. The van der Waals surface area contributed by atoms with E-state index < -0.39 is 30.1 Å². The topological polar surface area (TPSA) is 165 Å². The van der Waals surface area contributed by atoms with E-state index >= 15 is 0 Å². The smallest absolute Gasteiger partial charge is 0.412 e. The molecule has 0 bridgehead atoms. The van der Waals surface area contributed by atoms with Crippen molar-refractivity contribution in [2.45, 2.75) is 66.2 Å². The molecule has 1 aliphatic rings. The number of likely N-dealkylation sites (tertiary alicyclic amines) is 1. The van der Waals surface area contributed by atoms with Gasteiger partial charge in [-0.1, -0.05) is 64.6 Å². The molecule has 1 saturated heterocycles. The third-order valence-corrected chi connectivity index (χ3v) is 9.44. The predicted molar refractivity (Wildman–Crippen MR) is 208 cm³/mol. The summed E-state index contributed by atoms with van der Waals surface area (Å²) in [6.45, 7) is 14.3. The zero-order chi connectivity index (χ0) is 39.2. The molecule has 15 heteroatoms. The first-order chi connectivity index (χ1) is 26.4. The molecule has 55 heavy (non-hydrogen) atoms. The van der Waals surface area contributed by atoms with E-state index in [1.807, 2.05) is 42.6 Å². The monoisotopic (exact) mass is 751 g/mol. The molecule has 6 rings (SSSR count). The highest BCUT2D eigenvalue weighted by Crippen LogP contribution is 2.32. The van der Waals surface area contributed by atoms with Gasteiger partial charge >= 0.3 is 12.1 Å². The van der Waals surface area contributed by atoms with Crippen LogP contribution in [0.3, 0.4) is 0 Å². The van der Waals surface area contributed by atoms with Crippen LogP contribution in [0.5, 0.6) is 0 Å². The molecule has 1 unspecified atom stereocenters. The SMILES string of the molecule is C=C(F)C(=O)Nc1ccc2c(-c3ccccc3CNc3nc(NCC4CCN(C(=O)OC(C)OC(=O)C(C)C)CC4)nc4c(C(C)C)cnn34)nccc2c1. The van der Waals surface area contributed by atoms with Gasteiger partial charge in [0.2, 0.25) is 18.2 Å². The Balaban J connectivity index is 1.15. The zero-order valence-electron chi connectivity index (χ0n) is 31.6. The maximum absolute atomic E-state index is 13.3. The van der Waals surface area contributed by atoms with Gasteiger partial charge in [-0.05, 0) is 53.8 Å². The number of carbonyl (C=O) groups is 3. The molecule has 3 N–H and O–H groups in total. The van der Waals surface area contributed by atoms with Crippen molar-refractivity contribution in [1.82, 2.24) is 29.5 Å². The zero-order valence-corrected chi connectivity index (χ0v) is 31.6. The average molecular weight is 752 g/mol. The van der Waals surface area contributed by atoms with Crippen LogP contribution in [-0.2, 0) is 25.6 Å². The summed E-state index contributed by atoms with van der Waals surface area (Å²) in [7, 11) is 0. The number of aromatic nitrogens is 5. The summed E-state index contributed by atoms with van der Waals surface area (Å²) in [5.74, 6) is -1.26. The summed E-state index contributed by atoms with van der Waals surface area (Å²) < 4.78 is 25.6. The Morgan fingerprint density at radius 2 is 1.75 bits per heavy atom. The van der Waals surface area contributed by atoms with Crippen LogP contribution in [0, 0.1) is 11.8 Å². The first-order valence-corrected chi connectivity index (χ1v) is 18.4. The molecule has 0 radical (unpaired) electrons. The van der Waals surface area contributed by atoms with E-state index in [-0.39, 0.29) is 17.8 Å². The Morgan fingerprint density at radius 3 is 2.47 bits per heavy atom. The van der Waals surface area contributed by atoms with E-state index in [0.717, 1.165) is 46.0 Å². The minimum absolute atomic E-state index is 0.177. The lowest BCUT2D eigenvalue weighted by atomic mass is 9.97. The van der Waals surface area contributed by atoms with Crippen LogP contribution in [0.1, 0.15) is 64.5 Å². The number of piperidine rings is 1. The molecule has 14 nitrogen and oxygen atoms in total. The number of nitrogens with one attached hydrogen (secondary N) is 3. The average Bonchev–Trinajstić information content (AvgIpc) is 3.60. The van der Waals surface area contributed by atoms with Crippen LogP contribution >= 0.6 is 0 Å². The molecule has 1 aliphatic heterocycles. The van der Waals surface area contributed by atoms with Crippen LogP contribution in [0.4, 0.5) is 26.8 Å². The van der Waals surface area contributed by atoms with Crippen molar-refractivity contribution in [1.29, 1.82) is 0 Å². The fraction of sp³-hybridized carbons (Fsp3) is 0.375. The van der Waals surface area contributed by atoms with Crippen molar-refractivity contribution in [2.24, 2.45) is 11.8 Å². The second kappa shape index (κ2) is 16.9. The van der Waals surface area contributed by atoms with Crippen molar-refractivity contribution < 1.29 is 28.2 Å². The number of hydrogen-bond donors (Lipinski definition) is 3. The molecule has 4 heterocycles. The van der Waals surface area contributed by atoms with Gasteiger partial charge in [-0.2, -0.15) is 19.6 Å². The van der Waals surface area contributed by atoms with Gasteiger partial charge in [-0.25, -0.2) is 9.18 Å². The fourth-order valence-corrected chi connectivity index (χ4v) is 6.34. The molecule has 0 saturated carbocycles. The number of halogens is 1. The molecule has 0 spiro atoms. The summed E-state index contributed by atoms with van der Waals surface area (Å²) in [5.41, 5.74) is 4.75. The number of esters is 1. The molecular weight excluding hydrogens is 705 g/mol. The van der Waals surface area contributed by atoms with E-state index in [2.05, 4.69) is 41.5 Å². The molecule has 3 aromatic heterocycles. The van der Waals surface area contributed by atoms with Crippen molar-refractivity contribution in [3.8, 4) is 11.3 Å².